The number of nitrogens with zero attached hydrogens (tertiary/aromatic N) is 1. The molecule has 1 atom stereocenters. The van der Waals surface area contributed by atoms with Crippen molar-refractivity contribution in [2.24, 2.45) is 0 Å². The number of anilines is 1. The smallest absolute Gasteiger partial charge is 0.259 e. The lowest BCUT2D eigenvalue weighted by Gasteiger charge is -2.26. The fourth-order valence-corrected chi connectivity index (χ4v) is 3.39. The summed E-state index contributed by atoms with van der Waals surface area (Å²) >= 11 is 0. The van der Waals surface area contributed by atoms with Crippen molar-refractivity contribution < 1.29 is 13.7 Å². The summed E-state index contributed by atoms with van der Waals surface area (Å²) in [6.07, 6.45) is 2.96. The lowest BCUT2D eigenvalue weighted by atomic mass is 9.87. The minimum Gasteiger partial charge on any atom is -0.460 e. The molecule has 3 aromatic rings. The molecule has 0 bridgehead atoms. The van der Waals surface area contributed by atoms with Crippen molar-refractivity contribution in [3.63, 3.8) is 0 Å². The highest BCUT2D eigenvalue weighted by atomic mass is 16.5. The predicted octanol–water partition coefficient (Wildman–Crippen LogP) is 3.63. The molecule has 0 saturated heterocycles. The van der Waals surface area contributed by atoms with E-state index in [2.05, 4.69) is 22.6 Å². The average Bonchev–Trinajstić information content (AvgIpc) is 3.21. The number of nitrogen functional groups attached to an aromatic ring is 1. The number of nitrogens with one attached hydrogen (secondary N) is 1. The maximum atomic E-state index is 12.9. The molecule has 1 aromatic carbocycles. The Hall–Kier alpha value is -3.02. The van der Waals surface area contributed by atoms with Crippen molar-refractivity contribution in [1.29, 1.82) is 0 Å². The Kier molecular flexibility index (Phi) is 3.80. The highest BCUT2D eigenvalue weighted by Crippen LogP contribution is 2.32. The van der Waals surface area contributed by atoms with Crippen LogP contribution in [0.5, 0.6) is 0 Å². The summed E-state index contributed by atoms with van der Waals surface area (Å²) in [4.78, 5) is 12.9. The number of nitrogens with two attached hydrogens (primary N) is 1. The maximum Gasteiger partial charge on any atom is 0.259 e. The van der Waals surface area contributed by atoms with E-state index in [0.717, 1.165) is 30.6 Å². The molecule has 1 amide bonds. The second kappa shape index (κ2) is 6.12. The predicted molar refractivity (Wildman–Crippen MR) is 92.9 cm³/mol. The van der Waals surface area contributed by atoms with Gasteiger partial charge in [-0.15, -0.1) is 0 Å². The maximum absolute atomic E-state index is 12.9. The molecule has 128 valence electrons. The quantitative estimate of drug-likeness (QED) is 0.761. The van der Waals surface area contributed by atoms with Crippen LogP contribution in [-0.4, -0.2) is 11.1 Å². The monoisotopic (exact) mass is 337 g/mol. The number of fused-ring (bicyclic) bond motifs is 1. The van der Waals surface area contributed by atoms with Gasteiger partial charge in [0.25, 0.3) is 5.91 Å². The molecule has 0 aliphatic heterocycles. The van der Waals surface area contributed by atoms with Crippen molar-refractivity contribution in [3.8, 4) is 11.5 Å². The van der Waals surface area contributed by atoms with Gasteiger partial charge in [0.15, 0.2) is 11.5 Å². The van der Waals surface area contributed by atoms with Crippen molar-refractivity contribution in [3.05, 3.63) is 58.8 Å². The Bertz CT molecular complexity index is 926. The second-order valence-electron chi connectivity index (χ2n) is 6.30. The van der Waals surface area contributed by atoms with Crippen LogP contribution in [-0.2, 0) is 6.42 Å². The van der Waals surface area contributed by atoms with E-state index in [0.29, 0.717) is 11.5 Å². The number of hydrogen-bond acceptors (Lipinski definition) is 5. The first-order valence-electron chi connectivity index (χ1n) is 8.34. The number of furan rings is 1. The molecule has 0 saturated carbocycles. The number of benzene rings is 1. The average molecular weight is 337 g/mol. The zero-order chi connectivity index (χ0) is 17.4. The summed E-state index contributed by atoms with van der Waals surface area (Å²) in [6, 6.07) is 11.7. The number of carbonyl (C=O) groups is 1. The van der Waals surface area contributed by atoms with Crippen molar-refractivity contribution >= 4 is 11.8 Å². The lowest BCUT2D eigenvalue weighted by Crippen LogP contribution is -2.31. The summed E-state index contributed by atoms with van der Waals surface area (Å²) in [5.41, 5.74) is 8.84. The van der Waals surface area contributed by atoms with Crippen LogP contribution in [0, 0.1) is 6.92 Å². The van der Waals surface area contributed by atoms with Gasteiger partial charge < -0.3 is 20.0 Å². The Balaban J connectivity index is 1.64. The van der Waals surface area contributed by atoms with E-state index in [9.17, 15) is 4.79 Å². The van der Waals surface area contributed by atoms with E-state index >= 15 is 0 Å². The first-order valence-corrected chi connectivity index (χ1v) is 8.34. The third-order valence-electron chi connectivity index (χ3n) is 4.59. The van der Waals surface area contributed by atoms with E-state index in [1.807, 2.05) is 19.1 Å². The first kappa shape index (κ1) is 15.5. The zero-order valence-corrected chi connectivity index (χ0v) is 13.9. The van der Waals surface area contributed by atoms with E-state index in [-0.39, 0.29) is 23.4 Å². The third-order valence-corrected chi connectivity index (χ3v) is 4.59. The van der Waals surface area contributed by atoms with Crippen LogP contribution >= 0.6 is 0 Å². The first-order chi connectivity index (χ1) is 12.1. The third kappa shape index (κ3) is 2.80. The lowest BCUT2D eigenvalue weighted by molar-refractivity contribution is 0.0933. The van der Waals surface area contributed by atoms with Crippen LogP contribution in [0.25, 0.3) is 11.5 Å². The summed E-state index contributed by atoms with van der Waals surface area (Å²) < 4.78 is 10.6. The number of rotatable bonds is 3. The fraction of sp³-hybridized carbons (Fsp3) is 0.263. The fourth-order valence-electron chi connectivity index (χ4n) is 3.39. The van der Waals surface area contributed by atoms with Crippen LogP contribution < -0.4 is 11.1 Å². The minimum atomic E-state index is -0.301. The molecule has 3 N–H and O–H groups in total. The van der Waals surface area contributed by atoms with Gasteiger partial charge in [0.2, 0.25) is 5.88 Å². The van der Waals surface area contributed by atoms with Gasteiger partial charge in [0.05, 0.1) is 6.04 Å². The normalized spacial score (nSPS) is 16.4. The van der Waals surface area contributed by atoms with Crippen molar-refractivity contribution in [1.82, 2.24) is 10.5 Å². The summed E-state index contributed by atoms with van der Waals surface area (Å²) in [6.45, 7) is 1.83. The summed E-state index contributed by atoms with van der Waals surface area (Å²) in [7, 11) is 0. The summed E-state index contributed by atoms with van der Waals surface area (Å²) in [5.74, 6) is 0.881. The van der Waals surface area contributed by atoms with Gasteiger partial charge in [-0.3, -0.25) is 4.79 Å². The van der Waals surface area contributed by atoms with Gasteiger partial charge >= 0.3 is 0 Å². The molecule has 4 rings (SSSR count). The van der Waals surface area contributed by atoms with Crippen LogP contribution in [0.15, 0.2) is 45.3 Å². The van der Waals surface area contributed by atoms with E-state index in [1.54, 1.807) is 12.1 Å². The molecular formula is C19H19N3O3. The van der Waals surface area contributed by atoms with E-state index in [1.165, 1.54) is 5.56 Å². The molecule has 0 spiro atoms. The number of aryl methyl sites for hydroxylation is 2. The van der Waals surface area contributed by atoms with Crippen LogP contribution in [0.3, 0.4) is 0 Å². The minimum absolute atomic E-state index is 0.00866. The van der Waals surface area contributed by atoms with Gasteiger partial charge in [-0.25, -0.2) is 0 Å². The molecule has 1 aliphatic carbocycles. The van der Waals surface area contributed by atoms with Crippen molar-refractivity contribution in [2.75, 3.05) is 5.73 Å². The standard InChI is InChI=1S/C19H19N3O3/c1-11-9-10-15(24-11)17-16(18(20)25-22-17)19(23)21-14-8-4-6-12-5-2-3-7-13(12)14/h2-3,5,7,9-10,14H,4,6,8,20H2,1H3,(H,21,23). The molecule has 6 nitrogen and oxygen atoms in total. The topological polar surface area (TPSA) is 94.3 Å². The summed E-state index contributed by atoms with van der Waals surface area (Å²) in [5, 5.41) is 6.98. The molecule has 2 aromatic heterocycles. The molecule has 6 heteroatoms. The molecule has 1 unspecified atom stereocenters. The number of aromatic nitrogens is 1. The highest BCUT2D eigenvalue weighted by Gasteiger charge is 2.28. The number of carbonyl (C=O) groups excluding carboxylic acids is 1. The largest absolute Gasteiger partial charge is 0.460 e. The number of hydrogen-bond donors (Lipinski definition) is 2. The Morgan fingerprint density at radius 2 is 2.12 bits per heavy atom. The van der Waals surface area contributed by atoms with Crippen molar-refractivity contribution in [2.45, 2.75) is 32.2 Å². The molecule has 2 heterocycles. The Labute approximate surface area is 145 Å². The van der Waals surface area contributed by atoms with Gasteiger partial charge in [0.1, 0.15) is 11.3 Å². The second-order valence-corrected chi connectivity index (χ2v) is 6.30. The Morgan fingerprint density at radius 1 is 1.28 bits per heavy atom. The van der Waals surface area contributed by atoms with Gasteiger partial charge in [-0.1, -0.05) is 29.4 Å². The van der Waals surface area contributed by atoms with Crippen LogP contribution in [0.2, 0.25) is 0 Å². The Morgan fingerprint density at radius 3 is 2.92 bits per heavy atom. The molecule has 1 aliphatic rings. The SMILES string of the molecule is Cc1ccc(-c2noc(N)c2C(=O)NC2CCCc3ccccc32)o1. The van der Waals surface area contributed by atoms with Crippen LogP contribution in [0.4, 0.5) is 5.88 Å². The van der Waals surface area contributed by atoms with E-state index < -0.39 is 0 Å². The zero-order valence-electron chi connectivity index (χ0n) is 13.9. The van der Waals surface area contributed by atoms with Gasteiger partial charge in [-0.05, 0) is 49.4 Å². The van der Waals surface area contributed by atoms with E-state index in [4.69, 9.17) is 14.7 Å². The van der Waals surface area contributed by atoms with Crippen LogP contribution in [0.1, 0.15) is 46.1 Å². The molecule has 0 radical (unpaired) electrons. The molecule has 0 fully saturated rings. The van der Waals surface area contributed by atoms with Gasteiger partial charge in [0, 0.05) is 0 Å². The molecular weight excluding hydrogens is 318 g/mol. The molecule has 25 heavy (non-hydrogen) atoms. The number of amides is 1. The highest BCUT2D eigenvalue weighted by molar-refractivity contribution is 6.03. The van der Waals surface area contributed by atoms with Gasteiger partial charge in [-0.2, -0.15) is 0 Å².